The zero-order valence-corrected chi connectivity index (χ0v) is 11.9. The quantitative estimate of drug-likeness (QED) is 0.841. The number of aromatic nitrogens is 1. The van der Waals surface area contributed by atoms with Crippen LogP contribution in [0.2, 0.25) is 0 Å². The molecule has 0 spiro atoms. The molecule has 0 fully saturated rings. The maximum Gasteiger partial charge on any atom is 0.171 e. The fourth-order valence-electron chi connectivity index (χ4n) is 1.72. The lowest BCUT2D eigenvalue weighted by molar-refractivity contribution is 0.921. The summed E-state index contributed by atoms with van der Waals surface area (Å²) in [5.41, 5.74) is 4.59. The SMILES string of the molecule is Cc1ccc(C)c(NC(=S)NCc2ccncc2)c1. The molecule has 0 saturated carbocycles. The number of nitrogens with zero attached hydrogens (tertiary/aromatic N) is 1. The Kier molecular flexibility index (Phi) is 4.47. The van der Waals surface area contributed by atoms with Crippen LogP contribution in [0.4, 0.5) is 5.69 Å². The average Bonchev–Trinajstić information content (AvgIpc) is 2.42. The number of pyridine rings is 1. The van der Waals surface area contributed by atoms with Gasteiger partial charge in [-0.2, -0.15) is 0 Å². The Morgan fingerprint density at radius 2 is 1.89 bits per heavy atom. The standard InChI is InChI=1S/C15H17N3S/c1-11-3-4-12(2)14(9-11)18-15(19)17-10-13-5-7-16-8-6-13/h3-9H,10H2,1-2H3,(H2,17,18,19). The molecule has 0 bridgehead atoms. The summed E-state index contributed by atoms with van der Waals surface area (Å²) < 4.78 is 0. The van der Waals surface area contributed by atoms with E-state index in [1.165, 1.54) is 11.1 Å². The average molecular weight is 271 g/mol. The molecule has 0 radical (unpaired) electrons. The third-order valence-corrected chi connectivity index (χ3v) is 3.09. The summed E-state index contributed by atoms with van der Waals surface area (Å²) in [6.07, 6.45) is 3.55. The first kappa shape index (κ1) is 13.5. The topological polar surface area (TPSA) is 37.0 Å². The van der Waals surface area contributed by atoms with Crippen molar-refractivity contribution in [2.75, 3.05) is 5.32 Å². The third kappa shape index (κ3) is 4.03. The highest BCUT2D eigenvalue weighted by Crippen LogP contribution is 2.16. The molecular formula is C15H17N3S. The van der Waals surface area contributed by atoms with Gasteiger partial charge in [-0.1, -0.05) is 12.1 Å². The van der Waals surface area contributed by atoms with E-state index >= 15 is 0 Å². The molecule has 0 atom stereocenters. The second-order valence-electron chi connectivity index (χ2n) is 4.48. The van der Waals surface area contributed by atoms with Gasteiger partial charge in [-0.15, -0.1) is 0 Å². The van der Waals surface area contributed by atoms with Crippen molar-refractivity contribution in [2.24, 2.45) is 0 Å². The number of hydrogen-bond acceptors (Lipinski definition) is 2. The van der Waals surface area contributed by atoms with Crippen LogP contribution in [0.5, 0.6) is 0 Å². The summed E-state index contributed by atoms with van der Waals surface area (Å²) in [6.45, 7) is 4.82. The maximum atomic E-state index is 5.30. The molecule has 1 aromatic carbocycles. The predicted molar refractivity (Wildman–Crippen MR) is 83.2 cm³/mol. The number of aryl methyl sites for hydroxylation is 2. The van der Waals surface area contributed by atoms with Gasteiger partial charge in [0, 0.05) is 24.6 Å². The van der Waals surface area contributed by atoms with Gasteiger partial charge in [0.05, 0.1) is 0 Å². The Morgan fingerprint density at radius 3 is 2.63 bits per heavy atom. The van der Waals surface area contributed by atoms with E-state index in [4.69, 9.17) is 12.2 Å². The summed E-state index contributed by atoms with van der Waals surface area (Å²) in [5, 5.41) is 7.04. The van der Waals surface area contributed by atoms with Crippen molar-refractivity contribution in [2.45, 2.75) is 20.4 Å². The summed E-state index contributed by atoms with van der Waals surface area (Å²) in [6, 6.07) is 10.2. The van der Waals surface area contributed by atoms with Crippen LogP contribution in [0.3, 0.4) is 0 Å². The molecule has 98 valence electrons. The van der Waals surface area contributed by atoms with Gasteiger partial charge in [-0.05, 0) is 61.0 Å². The molecule has 0 aliphatic heterocycles. The zero-order valence-electron chi connectivity index (χ0n) is 11.1. The van der Waals surface area contributed by atoms with Gasteiger partial charge < -0.3 is 10.6 Å². The first-order valence-corrected chi connectivity index (χ1v) is 6.57. The Morgan fingerprint density at radius 1 is 1.16 bits per heavy atom. The Bertz CT molecular complexity index is 567. The fourth-order valence-corrected chi connectivity index (χ4v) is 1.90. The Labute approximate surface area is 119 Å². The molecule has 0 saturated heterocycles. The van der Waals surface area contributed by atoms with Crippen molar-refractivity contribution in [3.05, 3.63) is 59.4 Å². The number of nitrogens with one attached hydrogen (secondary N) is 2. The van der Waals surface area contributed by atoms with Crippen LogP contribution in [-0.4, -0.2) is 10.1 Å². The van der Waals surface area contributed by atoms with E-state index in [1.54, 1.807) is 12.4 Å². The summed E-state index contributed by atoms with van der Waals surface area (Å²) in [7, 11) is 0. The van der Waals surface area contributed by atoms with Crippen molar-refractivity contribution in [3.8, 4) is 0 Å². The van der Waals surface area contributed by atoms with Gasteiger partial charge in [0.15, 0.2) is 5.11 Å². The first-order chi connectivity index (χ1) is 9.15. The highest BCUT2D eigenvalue weighted by molar-refractivity contribution is 7.80. The van der Waals surface area contributed by atoms with Gasteiger partial charge in [-0.25, -0.2) is 0 Å². The zero-order chi connectivity index (χ0) is 13.7. The van der Waals surface area contributed by atoms with Crippen LogP contribution in [0.15, 0.2) is 42.7 Å². The molecule has 1 heterocycles. The normalized spacial score (nSPS) is 10.0. The van der Waals surface area contributed by atoms with Crippen LogP contribution in [0, 0.1) is 13.8 Å². The molecular weight excluding hydrogens is 254 g/mol. The second-order valence-corrected chi connectivity index (χ2v) is 4.89. The summed E-state index contributed by atoms with van der Waals surface area (Å²) >= 11 is 5.30. The molecule has 0 aliphatic rings. The van der Waals surface area contributed by atoms with Crippen molar-refractivity contribution in [3.63, 3.8) is 0 Å². The molecule has 2 aromatic rings. The smallest absolute Gasteiger partial charge is 0.171 e. The van der Waals surface area contributed by atoms with Gasteiger partial charge >= 0.3 is 0 Å². The number of hydrogen-bond donors (Lipinski definition) is 2. The molecule has 4 heteroatoms. The van der Waals surface area contributed by atoms with E-state index < -0.39 is 0 Å². The van der Waals surface area contributed by atoms with Crippen LogP contribution in [-0.2, 0) is 6.54 Å². The van der Waals surface area contributed by atoms with Gasteiger partial charge in [-0.3, -0.25) is 4.98 Å². The molecule has 2 rings (SSSR count). The Hall–Kier alpha value is -1.94. The number of rotatable bonds is 3. The molecule has 0 unspecified atom stereocenters. The number of benzene rings is 1. The first-order valence-electron chi connectivity index (χ1n) is 6.16. The summed E-state index contributed by atoms with van der Waals surface area (Å²) in [4.78, 5) is 3.99. The Balaban J connectivity index is 1.93. The lowest BCUT2D eigenvalue weighted by atomic mass is 10.1. The van der Waals surface area contributed by atoms with E-state index in [2.05, 4.69) is 47.7 Å². The van der Waals surface area contributed by atoms with Crippen molar-refractivity contribution >= 4 is 23.0 Å². The molecule has 0 amide bonds. The van der Waals surface area contributed by atoms with Gasteiger partial charge in [0.2, 0.25) is 0 Å². The molecule has 2 N–H and O–H groups in total. The minimum atomic E-state index is 0.630. The molecule has 3 nitrogen and oxygen atoms in total. The van der Waals surface area contributed by atoms with Gasteiger partial charge in [0.1, 0.15) is 0 Å². The minimum absolute atomic E-state index is 0.630. The van der Waals surface area contributed by atoms with E-state index in [0.717, 1.165) is 11.3 Å². The predicted octanol–water partition coefficient (Wildman–Crippen LogP) is 3.19. The monoisotopic (exact) mass is 271 g/mol. The van der Waals surface area contributed by atoms with E-state index in [-0.39, 0.29) is 0 Å². The minimum Gasteiger partial charge on any atom is -0.358 e. The van der Waals surface area contributed by atoms with Gasteiger partial charge in [0.25, 0.3) is 0 Å². The van der Waals surface area contributed by atoms with E-state index in [1.807, 2.05) is 12.1 Å². The lowest BCUT2D eigenvalue weighted by Crippen LogP contribution is -2.28. The maximum absolute atomic E-state index is 5.30. The molecule has 19 heavy (non-hydrogen) atoms. The highest BCUT2D eigenvalue weighted by atomic mass is 32.1. The largest absolute Gasteiger partial charge is 0.358 e. The third-order valence-electron chi connectivity index (χ3n) is 2.84. The van der Waals surface area contributed by atoms with Crippen LogP contribution in [0.25, 0.3) is 0 Å². The lowest BCUT2D eigenvalue weighted by Gasteiger charge is -2.13. The second kappa shape index (κ2) is 6.29. The highest BCUT2D eigenvalue weighted by Gasteiger charge is 2.01. The number of thiocarbonyl (C=S) groups is 1. The van der Waals surface area contributed by atoms with E-state index in [9.17, 15) is 0 Å². The fraction of sp³-hybridized carbons (Fsp3) is 0.200. The van der Waals surface area contributed by atoms with E-state index in [0.29, 0.717) is 11.7 Å². The van der Waals surface area contributed by atoms with Crippen LogP contribution < -0.4 is 10.6 Å². The summed E-state index contributed by atoms with van der Waals surface area (Å²) in [5.74, 6) is 0. The molecule has 0 aliphatic carbocycles. The van der Waals surface area contributed by atoms with Crippen molar-refractivity contribution in [1.82, 2.24) is 10.3 Å². The van der Waals surface area contributed by atoms with Crippen LogP contribution in [0.1, 0.15) is 16.7 Å². The van der Waals surface area contributed by atoms with Crippen molar-refractivity contribution in [1.29, 1.82) is 0 Å². The van der Waals surface area contributed by atoms with Crippen LogP contribution >= 0.6 is 12.2 Å². The molecule has 1 aromatic heterocycles. The van der Waals surface area contributed by atoms with Crippen molar-refractivity contribution < 1.29 is 0 Å². The number of anilines is 1.